The second-order valence-corrected chi connectivity index (χ2v) is 6.90. The minimum atomic E-state index is 0.758. The molecule has 0 unspecified atom stereocenters. The predicted octanol–water partition coefficient (Wildman–Crippen LogP) is 7.08. The number of rotatable bonds is 5. The van der Waals surface area contributed by atoms with Gasteiger partial charge in [0.15, 0.2) is 0 Å². The number of hydrogen-bond acceptors (Lipinski definition) is 2. The van der Waals surface area contributed by atoms with Crippen molar-refractivity contribution in [2.45, 2.75) is 11.8 Å². The molecule has 0 amide bonds. The van der Waals surface area contributed by atoms with E-state index >= 15 is 0 Å². The highest BCUT2D eigenvalue weighted by molar-refractivity contribution is 8.02. The molecule has 0 atom stereocenters. The minimum absolute atomic E-state index is 0.758. The molecule has 0 radical (unpaired) electrons. The zero-order valence-electron chi connectivity index (χ0n) is 13.9. The van der Waals surface area contributed by atoms with Crippen molar-refractivity contribution in [3.05, 3.63) is 106 Å². The molecular weight excluding hydrogens is 346 g/mol. The Balaban J connectivity index is 1.88. The van der Waals surface area contributed by atoms with Gasteiger partial charge >= 0.3 is 0 Å². The second-order valence-electron chi connectivity index (χ2n) is 5.55. The van der Waals surface area contributed by atoms with Gasteiger partial charge in [0.2, 0.25) is 0 Å². The molecule has 25 heavy (non-hydrogen) atoms. The van der Waals surface area contributed by atoms with Gasteiger partial charge in [0.05, 0.1) is 16.4 Å². The Hall–Kier alpha value is -2.29. The smallest absolute Gasteiger partial charge is 0.0714 e. The van der Waals surface area contributed by atoms with Crippen LogP contribution in [0.4, 0.5) is 5.69 Å². The highest BCUT2D eigenvalue weighted by atomic mass is 35.5. The summed E-state index contributed by atoms with van der Waals surface area (Å²) < 4.78 is 0. The van der Waals surface area contributed by atoms with Crippen LogP contribution in [0.5, 0.6) is 0 Å². The number of nitrogens with zero attached hydrogens (tertiary/aromatic N) is 1. The van der Waals surface area contributed by atoms with Gasteiger partial charge in [0.1, 0.15) is 0 Å². The molecule has 3 rings (SSSR count). The third kappa shape index (κ3) is 5.09. The lowest BCUT2D eigenvalue weighted by atomic mass is 10.1. The van der Waals surface area contributed by atoms with Crippen molar-refractivity contribution in [1.29, 1.82) is 0 Å². The maximum absolute atomic E-state index is 6.22. The van der Waals surface area contributed by atoms with Crippen molar-refractivity contribution in [3.8, 4) is 0 Å². The van der Waals surface area contributed by atoms with Crippen molar-refractivity contribution >= 4 is 34.8 Å². The molecule has 0 N–H and O–H groups in total. The van der Waals surface area contributed by atoms with Gasteiger partial charge in [0.25, 0.3) is 0 Å². The molecule has 124 valence electrons. The van der Waals surface area contributed by atoms with Gasteiger partial charge in [-0.2, -0.15) is 0 Å². The van der Waals surface area contributed by atoms with Crippen molar-refractivity contribution in [2.75, 3.05) is 0 Å². The quantitative estimate of drug-likeness (QED) is 0.348. The van der Waals surface area contributed by atoms with Crippen LogP contribution in [0.15, 0.2) is 100 Å². The number of benzene rings is 3. The highest BCUT2D eigenvalue weighted by Crippen LogP contribution is 2.27. The first kappa shape index (κ1) is 17.5. The molecule has 0 fully saturated rings. The average Bonchev–Trinajstić information content (AvgIpc) is 2.64. The number of aryl methyl sites for hydroxylation is 1. The van der Waals surface area contributed by atoms with Crippen LogP contribution in [-0.2, 0) is 0 Å². The molecule has 0 bridgehead atoms. The van der Waals surface area contributed by atoms with Crippen LogP contribution in [0.1, 0.15) is 11.1 Å². The molecule has 0 aliphatic heterocycles. The summed E-state index contributed by atoms with van der Waals surface area (Å²) in [4.78, 5) is 5.83. The van der Waals surface area contributed by atoms with E-state index in [4.69, 9.17) is 16.6 Å². The van der Waals surface area contributed by atoms with E-state index in [1.54, 1.807) is 11.8 Å². The van der Waals surface area contributed by atoms with Crippen molar-refractivity contribution < 1.29 is 0 Å². The lowest BCUT2D eigenvalue weighted by Crippen LogP contribution is -1.96. The van der Waals surface area contributed by atoms with E-state index in [1.165, 1.54) is 5.56 Å². The molecule has 1 nitrogen and oxygen atoms in total. The summed E-state index contributed by atoms with van der Waals surface area (Å²) in [6.45, 7) is 2.08. The zero-order chi connectivity index (χ0) is 17.5. The van der Waals surface area contributed by atoms with Crippen LogP contribution < -0.4 is 0 Å². The zero-order valence-corrected chi connectivity index (χ0v) is 15.5. The maximum atomic E-state index is 6.22. The fraction of sp³-hybridized carbons (Fsp3) is 0.0455. The summed E-state index contributed by atoms with van der Waals surface area (Å²) in [6, 6.07) is 26.2. The SMILES string of the molecule is Cc1ccc(C(C=CSc2ccccc2Cl)=Nc2ccccc2)cc1. The molecule has 3 aromatic rings. The molecule has 0 aromatic heterocycles. The molecule has 3 aromatic carbocycles. The van der Waals surface area contributed by atoms with Gasteiger partial charge in [0, 0.05) is 10.5 Å². The van der Waals surface area contributed by atoms with Gasteiger partial charge in [-0.1, -0.05) is 83.5 Å². The Morgan fingerprint density at radius 2 is 1.56 bits per heavy atom. The molecule has 0 spiro atoms. The highest BCUT2D eigenvalue weighted by Gasteiger charge is 2.02. The standard InChI is InChI=1S/C22H18ClNS/c1-17-11-13-18(14-12-17)21(24-19-7-3-2-4-8-19)15-16-25-22-10-6-5-9-20(22)23/h2-16H,1H3. The van der Waals surface area contributed by atoms with Crippen LogP contribution in [0.25, 0.3) is 0 Å². The van der Waals surface area contributed by atoms with Gasteiger partial charge < -0.3 is 0 Å². The number of hydrogen-bond donors (Lipinski definition) is 0. The fourth-order valence-electron chi connectivity index (χ4n) is 2.28. The third-order valence-electron chi connectivity index (χ3n) is 3.61. The summed E-state index contributed by atoms with van der Waals surface area (Å²) in [5, 5.41) is 2.79. The summed E-state index contributed by atoms with van der Waals surface area (Å²) in [5.74, 6) is 0. The van der Waals surface area contributed by atoms with Crippen LogP contribution in [-0.4, -0.2) is 5.71 Å². The predicted molar refractivity (Wildman–Crippen MR) is 110 cm³/mol. The summed E-state index contributed by atoms with van der Waals surface area (Å²) in [7, 11) is 0. The Kier molecular flexibility index (Phi) is 6.10. The lowest BCUT2D eigenvalue weighted by molar-refractivity contribution is 1.45. The fourth-order valence-corrected chi connectivity index (χ4v) is 3.23. The van der Waals surface area contributed by atoms with Crippen LogP contribution >= 0.6 is 23.4 Å². The van der Waals surface area contributed by atoms with E-state index in [0.29, 0.717) is 0 Å². The number of allylic oxidation sites excluding steroid dienone is 1. The molecule has 0 saturated carbocycles. The third-order valence-corrected chi connectivity index (χ3v) is 4.93. The van der Waals surface area contributed by atoms with E-state index in [9.17, 15) is 0 Å². The van der Waals surface area contributed by atoms with Gasteiger partial charge in [-0.25, -0.2) is 4.99 Å². The van der Waals surface area contributed by atoms with E-state index in [0.717, 1.165) is 26.9 Å². The van der Waals surface area contributed by atoms with Crippen LogP contribution in [0.3, 0.4) is 0 Å². The van der Waals surface area contributed by atoms with Crippen LogP contribution in [0.2, 0.25) is 5.02 Å². The van der Waals surface area contributed by atoms with Crippen LogP contribution in [0, 0.1) is 6.92 Å². The molecular formula is C22H18ClNS. The molecule has 3 heteroatoms. The summed E-state index contributed by atoms with van der Waals surface area (Å²) >= 11 is 7.81. The Morgan fingerprint density at radius 3 is 2.28 bits per heavy atom. The van der Waals surface area contributed by atoms with Gasteiger partial charge in [-0.05, 0) is 42.7 Å². The number of halogens is 1. The largest absolute Gasteiger partial charge is 0.248 e. The molecule has 0 aliphatic rings. The Morgan fingerprint density at radius 1 is 0.880 bits per heavy atom. The number of para-hydroxylation sites is 1. The van der Waals surface area contributed by atoms with E-state index in [1.807, 2.05) is 66.1 Å². The van der Waals surface area contributed by atoms with Crippen molar-refractivity contribution in [1.82, 2.24) is 0 Å². The lowest BCUT2D eigenvalue weighted by Gasteiger charge is -2.04. The number of aliphatic imine (C=N–C) groups is 1. The van der Waals surface area contributed by atoms with E-state index < -0.39 is 0 Å². The normalized spacial score (nSPS) is 11.8. The first-order valence-electron chi connectivity index (χ1n) is 8.01. The molecule has 0 heterocycles. The van der Waals surface area contributed by atoms with E-state index in [-0.39, 0.29) is 0 Å². The maximum Gasteiger partial charge on any atom is 0.0714 e. The van der Waals surface area contributed by atoms with Gasteiger partial charge in [-0.3, -0.25) is 0 Å². The van der Waals surface area contributed by atoms with Crippen molar-refractivity contribution in [2.24, 2.45) is 4.99 Å². The molecule has 0 saturated heterocycles. The first-order valence-corrected chi connectivity index (χ1v) is 9.27. The topological polar surface area (TPSA) is 12.4 Å². The average molecular weight is 364 g/mol. The summed E-state index contributed by atoms with van der Waals surface area (Å²) in [5.41, 5.74) is 4.18. The monoisotopic (exact) mass is 363 g/mol. The first-order chi connectivity index (χ1) is 12.2. The Labute approximate surface area is 158 Å². The Bertz CT molecular complexity index is 883. The number of thioether (sulfide) groups is 1. The molecule has 0 aliphatic carbocycles. The van der Waals surface area contributed by atoms with E-state index in [2.05, 4.69) is 31.2 Å². The van der Waals surface area contributed by atoms with Gasteiger partial charge in [-0.15, -0.1) is 0 Å². The summed E-state index contributed by atoms with van der Waals surface area (Å²) in [6.07, 6.45) is 2.03. The van der Waals surface area contributed by atoms with Crippen molar-refractivity contribution in [3.63, 3.8) is 0 Å². The minimum Gasteiger partial charge on any atom is -0.248 e. The second kappa shape index (κ2) is 8.70.